The molecule has 1 fully saturated rings. The van der Waals surface area contributed by atoms with Crippen molar-refractivity contribution in [2.75, 3.05) is 52.9 Å². The zero-order chi connectivity index (χ0) is 19.9. The Morgan fingerprint density at radius 3 is 2.59 bits per heavy atom. The second-order valence-electron chi connectivity index (χ2n) is 6.56. The van der Waals surface area contributed by atoms with Crippen LogP contribution in [0.2, 0.25) is 0 Å². The minimum Gasteiger partial charge on any atom is -0.396 e. The molecule has 9 nitrogen and oxygen atoms in total. The summed E-state index contributed by atoms with van der Waals surface area (Å²) in [6.45, 7) is 7.15. The number of aliphatic hydroxyl groups is 2. The van der Waals surface area contributed by atoms with E-state index in [1.807, 2.05) is 20.8 Å². The first-order chi connectivity index (χ1) is 13.0. The van der Waals surface area contributed by atoms with Crippen molar-refractivity contribution in [3.05, 3.63) is 0 Å². The Bertz CT molecular complexity index is 345. The van der Waals surface area contributed by atoms with Crippen molar-refractivity contribution in [2.45, 2.75) is 64.7 Å². The predicted octanol–water partition coefficient (Wildman–Crippen LogP) is 0.656. The van der Waals surface area contributed by atoms with E-state index in [1.54, 1.807) is 0 Å². The van der Waals surface area contributed by atoms with Gasteiger partial charge >= 0.3 is 0 Å². The molecule has 2 N–H and O–H groups in total. The van der Waals surface area contributed by atoms with Crippen molar-refractivity contribution < 1.29 is 43.4 Å². The Morgan fingerprint density at radius 1 is 1.04 bits per heavy atom. The highest BCUT2D eigenvalue weighted by molar-refractivity contribution is 4.55. The second kappa shape index (κ2) is 15.5. The molecule has 0 aromatic heterocycles. The molecule has 0 radical (unpaired) electrons. The zero-order valence-electron chi connectivity index (χ0n) is 16.7. The van der Waals surface area contributed by atoms with E-state index in [1.165, 1.54) is 0 Å². The van der Waals surface area contributed by atoms with E-state index < -0.39 is 12.8 Å². The zero-order valence-corrected chi connectivity index (χ0v) is 16.7. The SMILES string of the molecule is CC(COC1OCCCOCC(O)OC(C)COC(C)CO1)OCCCO. The number of hydrogen-bond acceptors (Lipinski definition) is 9. The van der Waals surface area contributed by atoms with Gasteiger partial charge in [-0.1, -0.05) is 0 Å². The lowest BCUT2D eigenvalue weighted by molar-refractivity contribution is -0.301. The summed E-state index contributed by atoms with van der Waals surface area (Å²) in [5.41, 5.74) is 0. The van der Waals surface area contributed by atoms with Crippen LogP contribution in [-0.2, 0) is 33.2 Å². The fourth-order valence-electron chi connectivity index (χ4n) is 2.19. The molecule has 1 saturated heterocycles. The van der Waals surface area contributed by atoms with Crippen molar-refractivity contribution >= 4 is 0 Å². The van der Waals surface area contributed by atoms with Crippen LogP contribution in [-0.4, -0.2) is 94.1 Å². The molecule has 0 amide bonds. The van der Waals surface area contributed by atoms with Crippen molar-refractivity contribution in [3.63, 3.8) is 0 Å². The average molecular weight is 396 g/mol. The molecule has 0 saturated carbocycles. The third-order valence-corrected chi connectivity index (χ3v) is 3.59. The maximum Gasteiger partial charge on any atom is 0.271 e. The number of aliphatic hydroxyl groups excluding tert-OH is 2. The molecule has 0 aromatic carbocycles. The highest BCUT2D eigenvalue weighted by Gasteiger charge is 2.17. The lowest BCUT2D eigenvalue weighted by atomic mass is 10.4. The summed E-state index contributed by atoms with van der Waals surface area (Å²) in [6.07, 6.45) is -0.368. The summed E-state index contributed by atoms with van der Waals surface area (Å²) < 4.78 is 38.9. The number of ether oxygens (including phenoxy) is 7. The van der Waals surface area contributed by atoms with Crippen LogP contribution in [0.1, 0.15) is 33.6 Å². The van der Waals surface area contributed by atoms with E-state index in [-0.39, 0.29) is 38.1 Å². The van der Waals surface area contributed by atoms with E-state index in [4.69, 9.17) is 38.3 Å². The van der Waals surface area contributed by atoms with Crippen LogP contribution in [0, 0.1) is 0 Å². The maximum absolute atomic E-state index is 9.75. The Hall–Kier alpha value is -0.360. The number of hydrogen-bond donors (Lipinski definition) is 2. The molecule has 5 atom stereocenters. The summed E-state index contributed by atoms with van der Waals surface area (Å²) in [6, 6.07) is 0. The van der Waals surface area contributed by atoms with Crippen LogP contribution in [0.25, 0.3) is 0 Å². The van der Waals surface area contributed by atoms with Crippen LogP contribution in [0.15, 0.2) is 0 Å². The molecule has 0 bridgehead atoms. The van der Waals surface area contributed by atoms with E-state index in [9.17, 15) is 5.11 Å². The summed E-state index contributed by atoms with van der Waals surface area (Å²) in [5, 5.41) is 18.5. The smallest absolute Gasteiger partial charge is 0.271 e. The summed E-state index contributed by atoms with van der Waals surface area (Å²) >= 11 is 0. The molecule has 5 unspecified atom stereocenters. The van der Waals surface area contributed by atoms with Gasteiger partial charge in [0.2, 0.25) is 0 Å². The van der Waals surface area contributed by atoms with Crippen molar-refractivity contribution in [1.29, 1.82) is 0 Å². The van der Waals surface area contributed by atoms with Gasteiger partial charge in [0.25, 0.3) is 6.48 Å². The molecule has 1 aliphatic heterocycles. The van der Waals surface area contributed by atoms with Crippen molar-refractivity contribution in [1.82, 2.24) is 0 Å². The average Bonchev–Trinajstić information content (AvgIpc) is 2.64. The molecular weight excluding hydrogens is 360 g/mol. The molecule has 27 heavy (non-hydrogen) atoms. The van der Waals surface area contributed by atoms with E-state index in [0.717, 1.165) is 0 Å². The van der Waals surface area contributed by atoms with Gasteiger partial charge in [-0.25, -0.2) is 0 Å². The fourth-order valence-corrected chi connectivity index (χ4v) is 2.19. The minimum atomic E-state index is -0.982. The molecule has 1 heterocycles. The topological polar surface area (TPSA) is 105 Å². The van der Waals surface area contributed by atoms with Gasteiger partial charge in [0, 0.05) is 19.8 Å². The third kappa shape index (κ3) is 13.4. The molecule has 1 aliphatic rings. The predicted molar refractivity (Wildman–Crippen MR) is 96.2 cm³/mol. The molecular formula is C18H36O9. The van der Waals surface area contributed by atoms with Crippen molar-refractivity contribution in [3.8, 4) is 0 Å². The molecule has 0 aliphatic carbocycles. The van der Waals surface area contributed by atoms with Crippen LogP contribution >= 0.6 is 0 Å². The molecule has 9 heteroatoms. The summed E-state index contributed by atoms with van der Waals surface area (Å²) in [5.74, 6) is 0. The van der Waals surface area contributed by atoms with Crippen LogP contribution < -0.4 is 0 Å². The van der Waals surface area contributed by atoms with Gasteiger partial charge in [-0.05, 0) is 33.6 Å². The van der Waals surface area contributed by atoms with Gasteiger partial charge in [-0.15, -0.1) is 0 Å². The lowest BCUT2D eigenvalue weighted by Gasteiger charge is -2.23. The lowest BCUT2D eigenvalue weighted by Crippen LogP contribution is -2.31. The first-order valence-electron chi connectivity index (χ1n) is 9.61. The van der Waals surface area contributed by atoms with Gasteiger partial charge in [0.1, 0.15) is 0 Å². The third-order valence-electron chi connectivity index (χ3n) is 3.59. The van der Waals surface area contributed by atoms with Gasteiger partial charge in [0.05, 0.1) is 51.3 Å². The standard InChI is InChI=1S/C18H36O9/c1-14(22-8-4-6-19)10-25-18-23-9-5-7-21-13-17(20)27-16(3)12-24-15(2)11-26-18/h14-20H,4-13H2,1-3H3. The number of rotatable bonds is 7. The summed E-state index contributed by atoms with van der Waals surface area (Å²) in [7, 11) is 0. The van der Waals surface area contributed by atoms with Crippen LogP contribution in [0.3, 0.4) is 0 Å². The van der Waals surface area contributed by atoms with Gasteiger partial charge in [-0.2, -0.15) is 0 Å². The molecule has 1 rings (SSSR count). The molecule has 162 valence electrons. The highest BCUT2D eigenvalue weighted by Crippen LogP contribution is 2.07. The van der Waals surface area contributed by atoms with E-state index in [0.29, 0.717) is 45.9 Å². The summed E-state index contributed by atoms with van der Waals surface area (Å²) in [4.78, 5) is 0. The maximum atomic E-state index is 9.75. The van der Waals surface area contributed by atoms with Gasteiger partial charge in [-0.3, -0.25) is 0 Å². The van der Waals surface area contributed by atoms with E-state index in [2.05, 4.69) is 0 Å². The first kappa shape index (κ1) is 24.7. The normalized spacial score (nSPS) is 31.0. The Morgan fingerprint density at radius 2 is 1.81 bits per heavy atom. The fraction of sp³-hybridized carbons (Fsp3) is 1.00. The van der Waals surface area contributed by atoms with Crippen molar-refractivity contribution in [2.24, 2.45) is 0 Å². The monoisotopic (exact) mass is 396 g/mol. The second-order valence-corrected chi connectivity index (χ2v) is 6.56. The Balaban J connectivity index is 2.42. The quantitative estimate of drug-likeness (QED) is 0.600. The highest BCUT2D eigenvalue weighted by atomic mass is 16.8. The van der Waals surface area contributed by atoms with Gasteiger partial charge in [0.15, 0.2) is 6.29 Å². The first-order valence-corrected chi connectivity index (χ1v) is 9.61. The van der Waals surface area contributed by atoms with E-state index >= 15 is 0 Å². The Kier molecular flexibility index (Phi) is 14.2. The van der Waals surface area contributed by atoms with Gasteiger partial charge < -0.3 is 43.4 Å². The Labute approximate surface area is 161 Å². The minimum absolute atomic E-state index is 0.0962. The largest absolute Gasteiger partial charge is 0.396 e. The van der Waals surface area contributed by atoms with Crippen LogP contribution in [0.5, 0.6) is 0 Å². The molecule has 0 spiro atoms. The molecule has 0 aromatic rings. The van der Waals surface area contributed by atoms with Crippen LogP contribution in [0.4, 0.5) is 0 Å².